The van der Waals surface area contributed by atoms with Crippen LogP contribution in [0, 0.1) is 0 Å². The Balaban J connectivity index is 1.42. The van der Waals surface area contributed by atoms with Crippen LogP contribution in [-0.2, 0) is 0 Å². The van der Waals surface area contributed by atoms with Crippen molar-refractivity contribution in [2.75, 3.05) is 19.6 Å². The maximum Gasteiger partial charge on any atom is 0.265 e. The zero-order chi connectivity index (χ0) is 20.9. The minimum Gasteiger partial charge on any atom is -0.338 e. The van der Waals surface area contributed by atoms with Crippen LogP contribution in [0.1, 0.15) is 46.2 Å². The molecule has 0 saturated carbocycles. The summed E-state index contributed by atoms with van der Waals surface area (Å²) in [6.45, 7) is 4.17. The Morgan fingerprint density at radius 2 is 1.90 bits per heavy atom. The van der Waals surface area contributed by atoms with Crippen molar-refractivity contribution in [2.24, 2.45) is 0 Å². The summed E-state index contributed by atoms with van der Waals surface area (Å²) in [5.41, 5.74) is 0.725. The van der Waals surface area contributed by atoms with Crippen LogP contribution in [-0.4, -0.2) is 52.3 Å². The van der Waals surface area contributed by atoms with Crippen LogP contribution in [0.3, 0.4) is 0 Å². The second-order valence-electron chi connectivity index (χ2n) is 7.39. The van der Waals surface area contributed by atoms with Crippen LogP contribution in [0.2, 0.25) is 0 Å². The third-order valence-corrected chi connectivity index (χ3v) is 7.41. The van der Waals surface area contributed by atoms with Crippen molar-refractivity contribution in [3.05, 3.63) is 64.5 Å². The number of nitrogens with zero attached hydrogens (tertiary/aromatic N) is 3. The fourth-order valence-corrected chi connectivity index (χ4v) is 5.54. The topological polar surface area (TPSA) is 53.5 Å². The first-order chi connectivity index (χ1) is 14.7. The molecule has 4 rings (SSSR count). The summed E-state index contributed by atoms with van der Waals surface area (Å²) in [6.07, 6.45) is 4.23. The molecule has 1 aliphatic rings. The van der Waals surface area contributed by atoms with Crippen molar-refractivity contribution in [1.29, 1.82) is 0 Å². The normalized spacial score (nSPS) is 14.6. The van der Waals surface area contributed by atoms with Crippen molar-refractivity contribution in [2.45, 2.75) is 32.2 Å². The quantitative estimate of drug-likeness (QED) is 0.541. The van der Waals surface area contributed by atoms with Gasteiger partial charge in [0.1, 0.15) is 9.88 Å². The van der Waals surface area contributed by atoms with E-state index in [1.54, 1.807) is 17.5 Å². The zero-order valence-corrected chi connectivity index (χ0v) is 18.6. The molecular formula is C23H25N3O2S2. The summed E-state index contributed by atoms with van der Waals surface area (Å²) in [5, 5.41) is 2.92. The second-order valence-corrected chi connectivity index (χ2v) is 9.37. The largest absolute Gasteiger partial charge is 0.338 e. The van der Waals surface area contributed by atoms with Gasteiger partial charge in [0.25, 0.3) is 11.8 Å². The fraction of sp³-hybridized carbons (Fsp3) is 0.348. The maximum absolute atomic E-state index is 13.3. The summed E-state index contributed by atoms with van der Waals surface area (Å²) in [7, 11) is 0. The van der Waals surface area contributed by atoms with Crippen LogP contribution >= 0.6 is 22.7 Å². The van der Waals surface area contributed by atoms with Crippen LogP contribution in [0.25, 0.3) is 9.88 Å². The molecule has 156 valence electrons. The minimum absolute atomic E-state index is 0.0602. The monoisotopic (exact) mass is 439 g/mol. The molecule has 0 unspecified atom stereocenters. The van der Waals surface area contributed by atoms with E-state index in [0.29, 0.717) is 18.0 Å². The van der Waals surface area contributed by atoms with Crippen molar-refractivity contribution < 1.29 is 9.59 Å². The number of thiazole rings is 1. The predicted octanol–water partition coefficient (Wildman–Crippen LogP) is 5.03. The van der Waals surface area contributed by atoms with E-state index in [1.807, 2.05) is 57.6 Å². The van der Waals surface area contributed by atoms with E-state index in [4.69, 9.17) is 0 Å². The van der Waals surface area contributed by atoms with Gasteiger partial charge in [0.05, 0.1) is 11.1 Å². The Bertz CT molecular complexity index is 977. The summed E-state index contributed by atoms with van der Waals surface area (Å²) >= 11 is 3.10. The van der Waals surface area contributed by atoms with Gasteiger partial charge in [0.2, 0.25) is 0 Å². The molecule has 0 aliphatic carbocycles. The Morgan fingerprint density at radius 3 is 2.57 bits per heavy atom. The zero-order valence-electron chi connectivity index (χ0n) is 17.0. The number of thiophene rings is 1. The Labute approximate surface area is 185 Å². The second kappa shape index (κ2) is 9.53. The van der Waals surface area contributed by atoms with Gasteiger partial charge >= 0.3 is 0 Å². The third-order valence-electron chi connectivity index (χ3n) is 5.39. The molecule has 7 heteroatoms. The molecule has 5 nitrogen and oxygen atoms in total. The molecule has 3 aromatic rings. The van der Waals surface area contributed by atoms with Gasteiger partial charge < -0.3 is 9.80 Å². The highest BCUT2D eigenvalue weighted by Crippen LogP contribution is 2.30. The van der Waals surface area contributed by atoms with E-state index < -0.39 is 0 Å². The molecule has 1 aliphatic heterocycles. The van der Waals surface area contributed by atoms with Gasteiger partial charge in [-0.05, 0) is 42.8 Å². The van der Waals surface area contributed by atoms with Crippen molar-refractivity contribution in [1.82, 2.24) is 14.8 Å². The van der Waals surface area contributed by atoms with E-state index >= 15 is 0 Å². The number of hydrogen-bond donors (Lipinski definition) is 0. The van der Waals surface area contributed by atoms with Crippen LogP contribution in [0.15, 0.2) is 54.0 Å². The fourth-order valence-electron chi connectivity index (χ4n) is 3.86. The van der Waals surface area contributed by atoms with Crippen LogP contribution in [0.4, 0.5) is 0 Å². The molecule has 2 amide bonds. The van der Waals surface area contributed by atoms with Crippen molar-refractivity contribution >= 4 is 34.5 Å². The molecular weight excluding hydrogens is 414 g/mol. The molecule has 0 N–H and O–H groups in total. The van der Waals surface area contributed by atoms with E-state index in [9.17, 15) is 9.59 Å². The molecule has 3 heterocycles. The summed E-state index contributed by atoms with van der Waals surface area (Å²) in [4.78, 5) is 36.1. The lowest BCUT2D eigenvalue weighted by atomic mass is 10.0. The molecule has 1 fully saturated rings. The lowest BCUT2D eigenvalue weighted by molar-refractivity contribution is 0.0522. The predicted molar refractivity (Wildman–Crippen MR) is 122 cm³/mol. The highest BCUT2D eigenvalue weighted by Gasteiger charge is 2.31. The SMILES string of the molecule is CCCN(C(=O)c1cnc(-c2cccs2)s1)C1CCN(C(=O)c2ccccc2)CC1. The molecule has 1 aromatic carbocycles. The van der Waals surface area contributed by atoms with Crippen LogP contribution in [0.5, 0.6) is 0 Å². The van der Waals surface area contributed by atoms with Gasteiger partial charge in [0.15, 0.2) is 0 Å². The van der Waals surface area contributed by atoms with E-state index in [-0.39, 0.29) is 17.9 Å². The minimum atomic E-state index is 0.0602. The average molecular weight is 440 g/mol. The highest BCUT2D eigenvalue weighted by molar-refractivity contribution is 7.21. The smallest absolute Gasteiger partial charge is 0.265 e. The van der Waals surface area contributed by atoms with E-state index in [2.05, 4.69) is 11.9 Å². The Kier molecular flexibility index (Phi) is 6.59. The van der Waals surface area contributed by atoms with Crippen molar-refractivity contribution in [3.63, 3.8) is 0 Å². The number of aromatic nitrogens is 1. The number of benzene rings is 1. The lowest BCUT2D eigenvalue weighted by Gasteiger charge is -2.38. The lowest BCUT2D eigenvalue weighted by Crippen LogP contribution is -2.49. The first kappa shape index (κ1) is 20.8. The standard InChI is InChI=1S/C23H25N3O2S2/c1-2-12-26(23(28)20-16-24-21(30-20)19-9-6-15-29-19)18-10-13-25(14-11-18)22(27)17-7-4-3-5-8-17/h3-9,15-16,18H,2,10-14H2,1H3. The van der Waals surface area contributed by atoms with Crippen LogP contribution < -0.4 is 0 Å². The summed E-state index contributed by atoms with van der Waals surface area (Å²) in [5.74, 6) is 0.135. The molecule has 0 spiro atoms. The first-order valence-corrected chi connectivity index (χ1v) is 12.0. The van der Waals surface area contributed by atoms with Gasteiger partial charge in [-0.2, -0.15) is 0 Å². The summed E-state index contributed by atoms with van der Waals surface area (Å²) < 4.78 is 0. The van der Waals surface area contributed by atoms with Gasteiger partial charge in [-0.3, -0.25) is 9.59 Å². The van der Waals surface area contributed by atoms with Gasteiger partial charge in [-0.15, -0.1) is 22.7 Å². The summed E-state index contributed by atoms with van der Waals surface area (Å²) in [6, 6.07) is 13.6. The molecule has 1 saturated heterocycles. The molecule has 2 aromatic heterocycles. The number of likely N-dealkylation sites (tertiary alicyclic amines) is 1. The van der Waals surface area contributed by atoms with E-state index in [1.165, 1.54) is 11.3 Å². The number of amides is 2. The Morgan fingerprint density at radius 1 is 1.13 bits per heavy atom. The van der Waals surface area contributed by atoms with Gasteiger partial charge in [-0.1, -0.05) is 31.2 Å². The number of rotatable bonds is 6. The average Bonchev–Trinajstić information content (AvgIpc) is 3.49. The maximum atomic E-state index is 13.3. The van der Waals surface area contributed by atoms with Gasteiger partial charge in [-0.25, -0.2) is 4.98 Å². The number of piperidine rings is 1. The third kappa shape index (κ3) is 4.47. The first-order valence-electron chi connectivity index (χ1n) is 10.3. The number of hydrogen-bond acceptors (Lipinski definition) is 5. The molecule has 0 bridgehead atoms. The molecule has 0 atom stereocenters. The molecule has 30 heavy (non-hydrogen) atoms. The molecule has 0 radical (unpaired) electrons. The number of carbonyl (C=O) groups excluding carboxylic acids is 2. The van der Waals surface area contributed by atoms with Crippen molar-refractivity contribution in [3.8, 4) is 9.88 Å². The van der Waals surface area contributed by atoms with Gasteiger partial charge in [0, 0.05) is 31.2 Å². The number of carbonyl (C=O) groups is 2. The highest BCUT2D eigenvalue weighted by atomic mass is 32.1. The Hall–Kier alpha value is -2.51. The van der Waals surface area contributed by atoms with E-state index in [0.717, 1.165) is 41.3 Å².